The van der Waals surface area contributed by atoms with Gasteiger partial charge in [0.15, 0.2) is 0 Å². The zero-order valence-corrected chi connectivity index (χ0v) is 12.5. The van der Waals surface area contributed by atoms with E-state index in [1.165, 1.54) is 0 Å². The van der Waals surface area contributed by atoms with Gasteiger partial charge in [-0.1, -0.05) is 23.2 Å². The molecule has 20 heavy (non-hydrogen) atoms. The predicted molar refractivity (Wildman–Crippen MR) is 80.3 cm³/mol. The summed E-state index contributed by atoms with van der Waals surface area (Å²) >= 11 is 11.7. The number of carbonyl (C=O) groups excluding carboxylic acids is 2. The van der Waals surface area contributed by atoms with Crippen LogP contribution in [0.2, 0.25) is 10.0 Å². The highest BCUT2D eigenvalue weighted by molar-refractivity contribution is 6.42. The third kappa shape index (κ3) is 4.20. The van der Waals surface area contributed by atoms with E-state index < -0.39 is 0 Å². The lowest BCUT2D eigenvalue weighted by atomic mass is 10.00. The van der Waals surface area contributed by atoms with E-state index in [9.17, 15) is 9.59 Å². The summed E-state index contributed by atoms with van der Waals surface area (Å²) in [5.74, 6) is -0.0727. The molecule has 1 saturated heterocycles. The van der Waals surface area contributed by atoms with Crippen molar-refractivity contribution < 1.29 is 9.59 Å². The van der Waals surface area contributed by atoms with Gasteiger partial charge in [0.1, 0.15) is 6.29 Å². The van der Waals surface area contributed by atoms with Crippen molar-refractivity contribution in [3.05, 3.63) is 28.2 Å². The Labute approximate surface area is 128 Å². The summed E-state index contributed by atoms with van der Waals surface area (Å²) in [6, 6.07) is 4.96. The van der Waals surface area contributed by atoms with Crippen molar-refractivity contribution in [1.29, 1.82) is 0 Å². The second-order valence-electron chi connectivity index (χ2n) is 4.95. The van der Waals surface area contributed by atoms with Crippen LogP contribution >= 0.6 is 23.2 Å². The molecule has 0 radical (unpaired) electrons. The second kappa shape index (κ2) is 7.07. The number of carbonyl (C=O) groups is 2. The molecule has 4 nitrogen and oxygen atoms in total. The van der Waals surface area contributed by atoms with Crippen LogP contribution in [0.25, 0.3) is 0 Å². The van der Waals surface area contributed by atoms with E-state index in [1.807, 2.05) is 4.90 Å². The van der Waals surface area contributed by atoms with Crippen LogP contribution < -0.4 is 5.32 Å². The maximum absolute atomic E-state index is 12.0. The van der Waals surface area contributed by atoms with Gasteiger partial charge >= 0.3 is 0 Å². The van der Waals surface area contributed by atoms with Gasteiger partial charge in [-0.2, -0.15) is 0 Å². The first-order valence-corrected chi connectivity index (χ1v) is 7.26. The first kappa shape index (κ1) is 15.3. The Bertz CT molecular complexity index is 508. The number of nitrogens with one attached hydrogen (secondary N) is 1. The number of aldehydes is 1. The van der Waals surface area contributed by atoms with Crippen LogP contribution in [0.3, 0.4) is 0 Å². The molecule has 1 aliphatic heterocycles. The highest BCUT2D eigenvalue weighted by atomic mass is 35.5. The number of anilines is 1. The number of hydrogen-bond donors (Lipinski definition) is 1. The molecule has 0 aliphatic carbocycles. The molecule has 1 aromatic rings. The summed E-state index contributed by atoms with van der Waals surface area (Å²) in [5.41, 5.74) is 0.619. The molecule has 1 atom stereocenters. The quantitative estimate of drug-likeness (QED) is 0.869. The molecule has 2 rings (SSSR count). The third-order valence-electron chi connectivity index (χ3n) is 3.30. The molecule has 0 bridgehead atoms. The third-order valence-corrected chi connectivity index (χ3v) is 4.04. The molecule has 0 saturated carbocycles. The van der Waals surface area contributed by atoms with Crippen molar-refractivity contribution in [2.45, 2.75) is 12.8 Å². The molecule has 1 aromatic carbocycles. The molecular weight excluding hydrogens is 299 g/mol. The van der Waals surface area contributed by atoms with Gasteiger partial charge in [-0.3, -0.25) is 9.69 Å². The monoisotopic (exact) mass is 314 g/mol. The Kier molecular flexibility index (Phi) is 5.40. The molecule has 1 amide bonds. The van der Waals surface area contributed by atoms with Crippen LogP contribution in [0, 0.1) is 5.92 Å². The van der Waals surface area contributed by atoms with Gasteiger partial charge in [-0.05, 0) is 37.6 Å². The van der Waals surface area contributed by atoms with E-state index in [2.05, 4.69) is 5.32 Å². The second-order valence-corrected chi connectivity index (χ2v) is 5.76. The van der Waals surface area contributed by atoms with Crippen molar-refractivity contribution >= 4 is 41.1 Å². The van der Waals surface area contributed by atoms with E-state index in [-0.39, 0.29) is 18.4 Å². The van der Waals surface area contributed by atoms with E-state index in [1.54, 1.807) is 18.2 Å². The van der Waals surface area contributed by atoms with E-state index in [0.29, 0.717) is 22.3 Å². The molecule has 1 fully saturated rings. The number of rotatable bonds is 4. The van der Waals surface area contributed by atoms with Crippen LogP contribution in [-0.4, -0.2) is 36.7 Å². The standard InChI is InChI=1S/C14H16Cl2N2O2/c15-12-4-3-11(6-13(12)16)17-14(20)8-18-5-1-2-10(7-18)9-19/h3-4,6,9-10H,1-2,5,7-8H2,(H,17,20). The van der Waals surface area contributed by atoms with Crippen molar-refractivity contribution in [3.63, 3.8) is 0 Å². The number of hydrogen-bond acceptors (Lipinski definition) is 3. The molecule has 0 spiro atoms. The van der Waals surface area contributed by atoms with Crippen LogP contribution in [-0.2, 0) is 9.59 Å². The van der Waals surface area contributed by atoms with Gasteiger partial charge in [-0.15, -0.1) is 0 Å². The molecule has 1 heterocycles. The highest BCUT2D eigenvalue weighted by Gasteiger charge is 2.21. The number of nitrogens with zero attached hydrogens (tertiary/aromatic N) is 1. The summed E-state index contributed by atoms with van der Waals surface area (Å²) < 4.78 is 0. The van der Waals surface area contributed by atoms with E-state index in [0.717, 1.165) is 25.7 Å². The minimum Gasteiger partial charge on any atom is -0.325 e. The lowest BCUT2D eigenvalue weighted by molar-refractivity contribution is -0.119. The molecule has 1 N–H and O–H groups in total. The minimum atomic E-state index is -0.116. The fraction of sp³-hybridized carbons (Fsp3) is 0.429. The molecule has 1 unspecified atom stereocenters. The fourth-order valence-corrected chi connectivity index (χ4v) is 2.62. The minimum absolute atomic E-state index is 0.0431. The Morgan fingerprint density at radius 3 is 2.90 bits per heavy atom. The number of likely N-dealkylation sites (tertiary alicyclic amines) is 1. The van der Waals surface area contributed by atoms with Gasteiger partial charge in [0.2, 0.25) is 5.91 Å². The van der Waals surface area contributed by atoms with Crippen molar-refractivity contribution in [2.75, 3.05) is 25.0 Å². The zero-order valence-electron chi connectivity index (χ0n) is 10.9. The highest BCUT2D eigenvalue weighted by Crippen LogP contribution is 2.25. The summed E-state index contributed by atoms with van der Waals surface area (Å²) in [6.45, 7) is 1.78. The lowest BCUT2D eigenvalue weighted by Crippen LogP contribution is -2.40. The van der Waals surface area contributed by atoms with Gasteiger partial charge in [0.05, 0.1) is 16.6 Å². The topological polar surface area (TPSA) is 49.4 Å². The average molecular weight is 315 g/mol. The first-order valence-electron chi connectivity index (χ1n) is 6.51. The van der Waals surface area contributed by atoms with Crippen molar-refractivity contribution in [3.8, 4) is 0 Å². The molecule has 108 valence electrons. The van der Waals surface area contributed by atoms with Crippen LogP contribution in [0.1, 0.15) is 12.8 Å². The number of halogens is 2. The molecular formula is C14H16Cl2N2O2. The summed E-state index contributed by atoms with van der Waals surface area (Å²) in [5, 5.41) is 3.64. The van der Waals surface area contributed by atoms with E-state index >= 15 is 0 Å². The normalized spacial score (nSPS) is 19.6. The number of amides is 1. The maximum Gasteiger partial charge on any atom is 0.238 e. The van der Waals surface area contributed by atoms with Crippen LogP contribution in [0.5, 0.6) is 0 Å². The smallest absolute Gasteiger partial charge is 0.238 e. The van der Waals surface area contributed by atoms with Crippen LogP contribution in [0.4, 0.5) is 5.69 Å². The number of benzene rings is 1. The fourth-order valence-electron chi connectivity index (χ4n) is 2.32. The Morgan fingerprint density at radius 1 is 1.40 bits per heavy atom. The molecule has 6 heteroatoms. The predicted octanol–water partition coefficient (Wildman–Crippen LogP) is 2.84. The molecule has 0 aromatic heterocycles. The lowest BCUT2D eigenvalue weighted by Gasteiger charge is -2.29. The maximum atomic E-state index is 12.0. The van der Waals surface area contributed by atoms with Gasteiger partial charge in [0.25, 0.3) is 0 Å². The summed E-state index contributed by atoms with van der Waals surface area (Å²) in [6.07, 6.45) is 2.83. The first-order chi connectivity index (χ1) is 9.58. The molecule has 1 aliphatic rings. The van der Waals surface area contributed by atoms with Crippen molar-refractivity contribution in [2.24, 2.45) is 5.92 Å². The largest absolute Gasteiger partial charge is 0.325 e. The van der Waals surface area contributed by atoms with Crippen molar-refractivity contribution in [1.82, 2.24) is 4.90 Å². The van der Waals surface area contributed by atoms with E-state index in [4.69, 9.17) is 23.2 Å². The SMILES string of the molecule is O=CC1CCCN(CC(=O)Nc2ccc(Cl)c(Cl)c2)C1. The Morgan fingerprint density at radius 2 is 2.20 bits per heavy atom. The zero-order chi connectivity index (χ0) is 14.5. The average Bonchev–Trinajstić information content (AvgIpc) is 2.43. The van der Waals surface area contributed by atoms with Crippen LogP contribution in [0.15, 0.2) is 18.2 Å². The number of piperidine rings is 1. The van der Waals surface area contributed by atoms with Gasteiger partial charge < -0.3 is 10.1 Å². The summed E-state index contributed by atoms with van der Waals surface area (Å²) in [7, 11) is 0. The Balaban J connectivity index is 1.88. The Hall–Kier alpha value is -1.10. The van der Waals surface area contributed by atoms with Gasteiger partial charge in [0, 0.05) is 18.2 Å². The van der Waals surface area contributed by atoms with Gasteiger partial charge in [-0.25, -0.2) is 0 Å². The summed E-state index contributed by atoms with van der Waals surface area (Å²) in [4.78, 5) is 24.7.